The molecular formula is C20H24N4O6S. The van der Waals surface area contributed by atoms with Crippen LogP contribution in [0.5, 0.6) is 5.75 Å². The fourth-order valence-corrected chi connectivity index (χ4v) is 4.71. The molecule has 31 heavy (non-hydrogen) atoms. The molecule has 1 saturated heterocycles. The molecule has 0 aliphatic carbocycles. The van der Waals surface area contributed by atoms with Gasteiger partial charge in [-0.15, -0.1) is 0 Å². The number of hydrogen-bond acceptors (Lipinski definition) is 7. The van der Waals surface area contributed by atoms with Crippen molar-refractivity contribution in [3.8, 4) is 16.9 Å². The van der Waals surface area contributed by atoms with E-state index in [0.29, 0.717) is 11.1 Å². The largest absolute Gasteiger partial charge is 0.495 e. The molecule has 1 aromatic carbocycles. The van der Waals surface area contributed by atoms with E-state index in [0.717, 1.165) is 0 Å². The molecule has 0 spiro atoms. The van der Waals surface area contributed by atoms with Crippen LogP contribution in [-0.2, 0) is 24.3 Å². The average Bonchev–Trinajstić information content (AvgIpc) is 2.77. The third-order valence-electron chi connectivity index (χ3n) is 4.90. The minimum absolute atomic E-state index is 0.0541. The summed E-state index contributed by atoms with van der Waals surface area (Å²) in [6.45, 7) is 2.54. The number of ether oxygens (including phenoxy) is 2. The predicted octanol–water partition coefficient (Wildman–Crippen LogP) is 0.137. The van der Waals surface area contributed by atoms with Crippen molar-refractivity contribution in [3.05, 3.63) is 42.7 Å². The summed E-state index contributed by atoms with van der Waals surface area (Å²) in [4.78, 5) is 30.1. The van der Waals surface area contributed by atoms with E-state index in [-0.39, 0.29) is 36.4 Å². The Balaban J connectivity index is 1.97. The lowest BCUT2D eigenvalue weighted by Gasteiger charge is -2.35. The van der Waals surface area contributed by atoms with Crippen LogP contribution in [0.4, 0.5) is 0 Å². The van der Waals surface area contributed by atoms with Crippen LogP contribution in [0.3, 0.4) is 0 Å². The van der Waals surface area contributed by atoms with Crippen molar-refractivity contribution in [1.82, 2.24) is 14.6 Å². The van der Waals surface area contributed by atoms with Crippen LogP contribution >= 0.6 is 0 Å². The zero-order valence-corrected chi connectivity index (χ0v) is 18.0. The van der Waals surface area contributed by atoms with E-state index in [9.17, 15) is 18.0 Å². The Bertz CT molecular complexity index is 1060. The number of hydrogen-bond donors (Lipinski definition) is 2. The summed E-state index contributed by atoms with van der Waals surface area (Å²) in [5.41, 5.74) is 6.51. The molecule has 0 unspecified atom stereocenters. The maximum absolute atomic E-state index is 13.2. The number of carbonyl (C=O) groups is 2. The van der Waals surface area contributed by atoms with Crippen molar-refractivity contribution in [2.45, 2.75) is 23.9 Å². The molecule has 2 aromatic rings. The van der Waals surface area contributed by atoms with E-state index in [2.05, 4.69) is 9.71 Å². The Hall–Kier alpha value is -3.02. The highest BCUT2D eigenvalue weighted by atomic mass is 32.2. The highest BCUT2D eigenvalue weighted by Gasteiger charge is 2.37. The number of para-hydroxylation sites is 1. The second-order valence-electron chi connectivity index (χ2n) is 6.99. The van der Waals surface area contributed by atoms with Crippen LogP contribution in [-0.4, -0.2) is 69.1 Å². The number of rotatable bonds is 7. The lowest BCUT2D eigenvalue weighted by molar-refractivity contribution is -0.144. The number of aromatic nitrogens is 1. The third kappa shape index (κ3) is 4.84. The molecule has 3 rings (SSSR count). The Morgan fingerprint density at radius 3 is 2.71 bits per heavy atom. The number of pyridine rings is 1. The van der Waals surface area contributed by atoms with Crippen LogP contribution in [0, 0.1) is 0 Å². The molecule has 166 valence electrons. The van der Waals surface area contributed by atoms with Crippen molar-refractivity contribution >= 4 is 21.8 Å². The average molecular weight is 449 g/mol. The molecule has 2 atom stereocenters. The molecule has 0 saturated carbocycles. The summed E-state index contributed by atoms with van der Waals surface area (Å²) in [7, 11) is -3.02. The van der Waals surface area contributed by atoms with Gasteiger partial charge in [0, 0.05) is 30.1 Å². The van der Waals surface area contributed by atoms with Gasteiger partial charge >= 0.3 is 0 Å². The molecule has 10 nitrogen and oxygen atoms in total. The molecule has 1 aliphatic rings. The van der Waals surface area contributed by atoms with Crippen LogP contribution < -0.4 is 15.2 Å². The number of nitrogens with one attached hydrogen (secondary N) is 1. The van der Waals surface area contributed by atoms with E-state index < -0.39 is 27.9 Å². The van der Waals surface area contributed by atoms with E-state index in [1.807, 2.05) is 0 Å². The van der Waals surface area contributed by atoms with Crippen molar-refractivity contribution < 1.29 is 27.5 Å². The van der Waals surface area contributed by atoms with Gasteiger partial charge in [-0.25, -0.2) is 8.42 Å². The monoisotopic (exact) mass is 448 g/mol. The van der Waals surface area contributed by atoms with E-state index in [4.69, 9.17) is 15.2 Å². The topological polar surface area (TPSA) is 141 Å². The van der Waals surface area contributed by atoms with E-state index >= 15 is 0 Å². The predicted molar refractivity (Wildman–Crippen MR) is 112 cm³/mol. The fourth-order valence-electron chi connectivity index (χ4n) is 3.36. The number of sulfonamides is 1. The fraction of sp³-hybridized carbons (Fsp3) is 0.350. The van der Waals surface area contributed by atoms with Gasteiger partial charge in [0.25, 0.3) is 5.91 Å². The number of nitrogens with two attached hydrogens (primary N) is 1. The smallest absolute Gasteiger partial charge is 0.250 e. The van der Waals surface area contributed by atoms with Gasteiger partial charge in [-0.05, 0) is 19.1 Å². The summed E-state index contributed by atoms with van der Waals surface area (Å²) in [5.74, 6) is -1.78. The molecule has 1 aliphatic heterocycles. The van der Waals surface area contributed by atoms with Gasteiger partial charge in [0.15, 0.2) is 6.04 Å². The molecule has 0 bridgehead atoms. The lowest BCUT2D eigenvalue weighted by atomic mass is 10.1. The number of carbonyl (C=O) groups excluding carboxylic acids is 2. The van der Waals surface area contributed by atoms with Gasteiger partial charge in [0.05, 0.1) is 26.4 Å². The second-order valence-corrected chi connectivity index (χ2v) is 8.67. The Labute approximate surface area is 180 Å². The van der Waals surface area contributed by atoms with Gasteiger partial charge in [0.2, 0.25) is 15.9 Å². The first-order valence-corrected chi connectivity index (χ1v) is 11.0. The molecular weight excluding hydrogens is 424 g/mol. The molecule has 11 heteroatoms. The molecule has 1 fully saturated rings. The second kappa shape index (κ2) is 9.41. The van der Waals surface area contributed by atoms with Gasteiger partial charge in [-0.2, -0.15) is 4.72 Å². The van der Waals surface area contributed by atoms with Crippen molar-refractivity contribution in [2.24, 2.45) is 5.73 Å². The number of nitrogens with zero attached hydrogens (tertiary/aromatic N) is 2. The normalized spacial score (nSPS) is 17.7. The van der Waals surface area contributed by atoms with Crippen LogP contribution in [0.15, 0.2) is 47.6 Å². The molecule has 2 heterocycles. The summed E-state index contributed by atoms with van der Waals surface area (Å²) >= 11 is 0. The van der Waals surface area contributed by atoms with E-state index in [1.165, 1.54) is 24.1 Å². The standard InChI is InChI=1S/C20H24N4O6S/c1-13-12-30-10-9-24(13)20(26)17(19(21)25)23-31(27,28)16-7-3-6-15(18(16)29-2)14-5-4-8-22-11-14/h3-8,11,13,17,23H,9-10,12H2,1-2H3,(H2,21,25)/t13-,17-/m0/s1. The first-order chi connectivity index (χ1) is 14.8. The maximum atomic E-state index is 13.2. The Morgan fingerprint density at radius 1 is 1.32 bits per heavy atom. The van der Waals surface area contributed by atoms with Crippen LogP contribution in [0.25, 0.3) is 11.1 Å². The summed E-state index contributed by atoms with van der Waals surface area (Å²) < 4.78 is 39.2. The van der Waals surface area contributed by atoms with Crippen LogP contribution in [0.2, 0.25) is 0 Å². The van der Waals surface area contributed by atoms with Crippen LogP contribution in [0.1, 0.15) is 6.92 Å². The quantitative estimate of drug-likeness (QED) is 0.574. The minimum atomic E-state index is -4.35. The van der Waals surface area contributed by atoms with Gasteiger partial charge in [0.1, 0.15) is 10.6 Å². The minimum Gasteiger partial charge on any atom is -0.495 e. The Kier molecular flexibility index (Phi) is 6.88. The lowest BCUT2D eigenvalue weighted by Crippen LogP contribution is -2.59. The van der Waals surface area contributed by atoms with Crippen molar-refractivity contribution in [1.29, 1.82) is 0 Å². The van der Waals surface area contributed by atoms with Crippen molar-refractivity contribution in [3.63, 3.8) is 0 Å². The summed E-state index contributed by atoms with van der Waals surface area (Å²) in [6.07, 6.45) is 3.16. The molecule has 1 aromatic heterocycles. The van der Waals surface area contributed by atoms with Crippen molar-refractivity contribution in [2.75, 3.05) is 26.9 Å². The zero-order valence-electron chi connectivity index (χ0n) is 17.1. The zero-order chi connectivity index (χ0) is 22.6. The number of morpholine rings is 1. The molecule has 0 radical (unpaired) electrons. The summed E-state index contributed by atoms with van der Waals surface area (Å²) in [5, 5.41) is 0. The Morgan fingerprint density at radius 2 is 2.10 bits per heavy atom. The first kappa shape index (κ1) is 22.7. The number of benzene rings is 1. The molecule has 3 N–H and O–H groups in total. The number of amides is 2. The highest BCUT2D eigenvalue weighted by Crippen LogP contribution is 2.35. The molecule has 2 amide bonds. The maximum Gasteiger partial charge on any atom is 0.250 e. The van der Waals surface area contributed by atoms with Gasteiger partial charge in [-0.3, -0.25) is 14.6 Å². The van der Waals surface area contributed by atoms with E-state index in [1.54, 1.807) is 37.5 Å². The summed E-state index contributed by atoms with van der Waals surface area (Å²) in [6, 6.07) is 5.91. The highest BCUT2D eigenvalue weighted by molar-refractivity contribution is 7.89. The number of methoxy groups -OCH3 is 1. The number of primary amides is 1. The van der Waals surface area contributed by atoms with Gasteiger partial charge in [-0.1, -0.05) is 18.2 Å². The third-order valence-corrected chi connectivity index (χ3v) is 6.35. The first-order valence-electron chi connectivity index (χ1n) is 9.53. The SMILES string of the molecule is COc1c(-c2cccnc2)cccc1S(=O)(=O)N[C@@H](C(N)=O)C(=O)N1CCOC[C@@H]1C. The van der Waals surface area contributed by atoms with Gasteiger partial charge < -0.3 is 20.1 Å².